The molecule has 5 nitrogen and oxygen atoms in total. The van der Waals surface area contributed by atoms with Gasteiger partial charge >= 0.3 is 0 Å². The minimum absolute atomic E-state index is 0.591. The average molecular weight is 409 g/mol. The van der Waals surface area contributed by atoms with E-state index in [0.717, 1.165) is 30.1 Å². The maximum absolute atomic E-state index is 5.94. The predicted octanol–water partition coefficient (Wildman–Crippen LogP) is 5.51. The lowest BCUT2D eigenvalue weighted by molar-refractivity contribution is 0.316. The second-order valence-electron chi connectivity index (χ2n) is 7.01. The summed E-state index contributed by atoms with van der Waals surface area (Å²) < 4.78 is 18.0. The largest absolute Gasteiger partial charge is 0.493 e. The quantitative estimate of drug-likeness (QED) is 0.403. The molecule has 4 aromatic rings. The summed E-state index contributed by atoms with van der Waals surface area (Å²) in [6.45, 7) is 3.55. The summed E-state index contributed by atoms with van der Waals surface area (Å²) in [5, 5.41) is 1.30. The minimum atomic E-state index is 0.591. The van der Waals surface area contributed by atoms with Crippen molar-refractivity contribution in [3.63, 3.8) is 0 Å². The number of rotatable bonds is 7. The fourth-order valence-electron chi connectivity index (χ4n) is 3.36. The molecule has 0 saturated carbocycles. The van der Waals surface area contributed by atoms with Crippen LogP contribution in [-0.4, -0.2) is 31.2 Å². The molecule has 0 N–H and O–H groups in total. The SMILES string of the molecule is COc1ccc(-c2nc(CN(C)Cc3cc4ccccc4s3)c(C)o2)cc1OC. The molecule has 0 atom stereocenters. The van der Waals surface area contributed by atoms with Crippen LogP contribution in [0.5, 0.6) is 11.5 Å². The molecule has 0 unspecified atom stereocenters. The summed E-state index contributed by atoms with van der Waals surface area (Å²) in [4.78, 5) is 8.33. The van der Waals surface area contributed by atoms with E-state index in [4.69, 9.17) is 18.9 Å². The van der Waals surface area contributed by atoms with Gasteiger partial charge < -0.3 is 13.9 Å². The Morgan fingerprint density at radius 2 is 1.79 bits per heavy atom. The van der Waals surface area contributed by atoms with Gasteiger partial charge in [-0.1, -0.05) is 18.2 Å². The van der Waals surface area contributed by atoms with Gasteiger partial charge in [-0.15, -0.1) is 11.3 Å². The van der Waals surface area contributed by atoms with Crippen molar-refractivity contribution in [2.75, 3.05) is 21.3 Å². The van der Waals surface area contributed by atoms with Gasteiger partial charge in [-0.3, -0.25) is 4.90 Å². The first-order valence-corrected chi connectivity index (χ1v) is 10.2. The van der Waals surface area contributed by atoms with Gasteiger partial charge in [0.25, 0.3) is 0 Å². The number of aryl methyl sites for hydroxylation is 1. The molecule has 0 bridgehead atoms. The summed E-state index contributed by atoms with van der Waals surface area (Å²) in [5.41, 5.74) is 1.81. The number of aromatic nitrogens is 1. The van der Waals surface area contributed by atoms with Gasteiger partial charge in [0.05, 0.1) is 19.9 Å². The topological polar surface area (TPSA) is 47.7 Å². The molecule has 0 radical (unpaired) electrons. The standard InChI is InChI=1S/C23H24N2O3S/c1-15-19(14-25(2)13-18-11-16-7-5-6-8-22(16)29-18)24-23(28-15)17-9-10-20(26-3)21(12-17)27-4/h5-12H,13-14H2,1-4H3. The van der Waals surface area contributed by atoms with Crippen LogP contribution in [0, 0.1) is 6.92 Å². The lowest BCUT2D eigenvalue weighted by atomic mass is 10.2. The number of thiophene rings is 1. The van der Waals surface area contributed by atoms with Crippen molar-refractivity contribution in [1.82, 2.24) is 9.88 Å². The number of oxazole rings is 1. The second kappa shape index (κ2) is 8.27. The number of hydrogen-bond acceptors (Lipinski definition) is 6. The van der Waals surface area contributed by atoms with Gasteiger partial charge in [-0.05, 0) is 49.7 Å². The van der Waals surface area contributed by atoms with Gasteiger partial charge in [-0.25, -0.2) is 4.98 Å². The highest BCUT2D eigenvalue weighted by atomic mass is 32.1. The molecule has 2 aromatic carbocycles. The van der Waals surface area contributed by atoms with Crippen LogP contribution in [0.15, 0.2) is 52.9 Å². The number of nitrogens with zero attached hydrogens (tertiary/aromatic N) is 2. The van der Waals surface area contributed by atoms with E-state index >= 15 is 0 Å². The molecule has 2 aromatic heterocycles. The molecular weight excluding hydrogens is 384 g/mol. The molecule has 0 spiro atoms. The Balaban J connectivity index is 1.50. The van der Waals surface area contributed by atoms with Crippen LogP contribution < -0.4 is 9.47 Å². The van der Waals surface area contributed by atoms with Gasteiger partial charge in [0, 0.05) is 28.2 Å². The van der Waals surface area contributed by atoms with E-state index in [-0.39, 0.29) is 0 Å². The molecule has 0 amide bonds. The molecule has 0 aliphatic heterocycles. The third-order valence-corrected chi connectivity index (χ3v) is 5.95. The third kappa shape index (κ3) is 4.13. The lowest BCUT2D eigenvalue weighted by Gasteiger charge is -2.13. The fraction of sp³-hybridized carbons (Fsp3) is 0.261. The molecule has 0 aliphatic carbocycles. The Bertz CT molecular complexity index is 1100. The van der Waals surface area contributed by atoms with Crippen LogP contribution in [0.25, 0.3) is 21.5 Å². The summed E-state index contributed by atoms with van der Waals surface area (Å²) in [7, 11) is 5.35. The summed E-state index contributed by atoms with van der Waals surface area (Å²) >= 11 is 1.84. The normalized spacial score (nSPS) is 11.3. The van der Waals surface area contributed by atoms with Crippen molar-refractivity contribution in [2.24, 2.45) is 0 Å². The fourth-order valence-corrected chi connectivity index (χ4v) is 4.50. The summed E-state index contributed by atoms with van der Waals surface area (Å²) in [6.07, 6.45) is 0. The number of methoxy groups -OCH3 is 2. The van der Waals surface area contributed by atoms with Crippen LogP contribution in [0.2, 0.25) is 0 Å². The predicted molar refractivity (Wildman–Crippen MR) is 117 cm³/mol. The van der Waals surface area contributed by atoms with E-state index in [1.807, 2.05) is 36.5 Å². The number of hydrogen-bond donors (Lipinski definition) is 0. The Morgan fingerprint density at radius 1 is 1.00 bits per heavy atom. The smallest absolute Gasteiger partial charge is 0.226 e. The first-order valence-electron chi connectivity index (χ1n) is 9.42. The highest BCUT2D eigenvalue weighted by Gasteiger charge is 2.16. The van der Waals surface area contributed by atoms with Crippen molar-refractivity contribution in [3.05, 3.63) is 64.9 Å². The van der Waals surface area contributed by atoms with Gasteiger partial charge in [0.15, 0.2) is 11.5 Å². The van der Waals surface area contributed by atoms with Gasteiger partial charge in [0.1, 0.15) is 5.76 Å². The van der Waals surface area contributed by atoms with Crippen molar-refractivity contribution >= 4 is 21.4 Å². The van der Waals surface area contributed by atoms with Crippen molar-refractivity contribution in [1.29, 1.82) is 0 Å². The van der Waals surface area contributed by atoms with Crippen LogP contribution in [0.4, 0.5) is 0 Å². The van der Waals surface area contributed by atoms with E-state index in [1.54, 1.807) is 14.2 Å². The Labute approximate surface area is 174 Å². The first kappa shape index (κ1) is 19.5. The number of fused-ring (bicyclic) bond motifs is 1. The van der Waals surface area contributed by atoms with Crippen LogP contribution >= 0.6 is 11.3 Å². The van der Waals surface area contributed by atoms with Crippen LogP contribution in [0.3, 0.4) is 0 Å². The highest BCUT2D eigenvalue weighted by Crippen LogP contribution is 2.33. The average Bonchev–Trinajstić information content (AvgIpc) is 3.30. The van der Waals surface area contributed by atoms with E-state index in [1.165, 1.54) is 15.0 Å². The van der Waals surface area contributed by atoms with Crippen LogP contribution in [-0.2, 0) is 13.1 Å². The van der Waals surface area contributed by atoms with E-state index in [9.17, 15) is 0 Å². The Morgan fingerprint density at radius 3 is 2.55 bits per heavy atom. The molecular formula is C23H24N2O3S. The molecule has 0 fully saturated rings. The number of benzene rings is 2. The molecule has 0 aliphatic rings. The van der Waals surface area contributed by atoms with E-state index in [2.05, 4.69) is 42.3 Å². The second-order valence-corrected chi connectivity index (χ2v) is 8.18. The number of ether oxygens (including phenoxy) is 2. The first-order chi connectivity index (χ1) is 14.1. The molecule has 2 heterocycles. The maximum Gasteiger partial charge on any atom is 0.226 e. The molecule has 29 heavy (non-hydrogen) atoms. The lowest BCUT2D eigenvalue weighted by Crippen LogP contribution is -2.17. The zero-order valence-electron chi connectivity index (χ0n) is 17.1. The maximum atomic E-state index is 5.94. The highest BCUT2D eigenvalue weighted by molar-refractivity contribution is 7.19. The zero-order valence-corrected chi connectivity index (χ0v) is 17.9. The minimum Gasteiger partial charge on any atom is -0.493 e. The molecule has 4 rings (SSSR count). The van der Waals surface area contributed by atoms with Crippen molar-refractivity contribution < 1.29 is 13.9 Å². The van der Waals surface area contributed by atoms with Gasteiger partial charge in [0.2, 0.25) is 5.89 Å². The Hall–Kier alpha value is -2.83. The monoisotopic (exact) mass is 408 g/mol. The van der Waals surface area contributed by atoms with Crippen molar-refractivity contribution in [2.45, 2.75) is 20.0 Å². The molecule has 150 valence electrons. The van der Waals surface area contributed by atoms with Crippen molar-refractivity contribution in [3.8, 4) is 23.0 Å². The zero-order chi connectivity index (χ0) is 20.4. The van der Waals surface area contributed by atoms with E-state index in [0.29, 0.717) is 17.4 Å². The Kier molecular flexibility index (Phi) is 5.56. The third-order valence-electron chi connectivity index (χ3n) is 4.85. The molecule has 0 saturated heterocycles. The van der Waals surface area contributed by atoms with Gasteiger partial charge in [-0.2, -0.15) is 0 Å². The summed E-state index contributed by atoms with van der Waals surface area (Å²) in [5.74, 6) is 2.76. The molecule has 6 heteroatoms. The van der Waals surface area contributed by atoms with Crippen LogP contribution in [0.1, 0.15) is 16.3 Å². The summed E-state index contributed by atoms with van der Waals surface area (Å²) in [6, 6.07) is 16.4. The van der Waals surface area contributed by atoms with E-state index < -0.39 is 0 Å².